The number of fused-ring (bicyclic) bond motifs is 1. The number of nitrogens with one attached hydrogen (secondary N) is 1. The van der Waals surface area contributed by atoms with Crippen molar-refractivity contribution < 1.29 is 0 Å². The molecule has 1 N–H and O–H groups in total. The van der Waals surface area contributed by atoms with Crippen LogP contribution in [0.15, 0.2) is 18.3 Å². The Labute approximate surface area is 130 Å². The van der Waals surface area contributed by atoms with Gasteiger partial charge in [-0.3, -0.25) is 0 Å². The average Bonchev–Trinajstić information content (AvgIpc) is 2.90. The lowest BCUT2D eigenvalue weighted by atomic mass is 9.92. The Morgan fingerprint density at radius 3 is 2.95 bits per heavy atom. The summed E-state index contributed by atoms with van der Waals surface area (Å²) >= 11 is 1.86. The third-order valence-corrected chi connectivity index (χ3v) is 4.89. The van der Waals surface area contributed by atoms with Crippen molar-refractivity contribution in [2.24, 2.45) is 0 Å². The molecule has 2 heterocycles. The van der Waals surface area contributed by atoms with Crippen LogP contribution in [0.25, 0.3) is 0 Å². The van der Waals surface area contributed by atoms with Crippen molar-refractivity contribution in [2.75, 3.05) is 19.0 Å². The molecule has 2 aromatic rings. The molecule has 1 aliphatic carbocycles. The zero-order chi connectivity index (χ0) is 14.8. The van der Waals surface area contributed by atoms with Crippen molar-refractivity contribution in [2.45, 2.75) is 38.8 Å². The lowest BCUT2D eigenvalue weighted by molar-refractivity contribution is 0.454. The van der Waals surface area contributed by atoms with Crippen LogP contribution in [-0.2, 0) is 13.0 Å². The lowest BCUT2D eigenvalue weighted by Crippen LogP contribution is -2.26. The average molecular weight is 302 g/mol. The fourth-order valence-corrected chi connectivity index (χ4v) is 3.61. The molecule has 2 aromatic heterocycles. The number of aromatic nitrogens is 2. The predicted octanol–water partition coefficient (Wildman–Crippen LogP) is 3.08. The fourth-order valence-electron chi connectivity index (χ4n) is 2.77. The van der Waals surface area contributed by atoms with Gasteiger partial charge in [0, 0.05) is 48.2 Å². The molecule has 0 amide bonds. The van der Waals surface area contributed by atoms with E-state index in [0.717, 1.165) is 18.9 Å². The molecular formula is C16H22N4S. The van der Waals surface area contributed by atoms with E-state index in [4.69, 9.17) is 4.98 Å². The Morgan fingerprint density at radius 2 is 2.24 bits per heavy atom. The van der Waals surface area contributed by atoms with Crippen molar-refractivity contribution in [1.82, 2.24) is 15.3 Å². The number of aryl methyl sites for hydroxylation is 2. The summed E-state index contributed by atoms with van der Waals surface area (Å²) in [5.74, 6) is 0.809. The van der Waals surface area contributed by atoms with E-state index in [1.54, 1.807) is 0 Å². The largest absolute Gasteiger partial charge is 0.347 e. The molecular weight excluding hydrogens is 280 g/mol. The summed E-state index contributed by atoms with van der Waals surface area (Å²) in [7, 11) is 3.97. The van der Waals surface area contributed by atoms with E-state index >= 15 is 0 Å². The van der Waals surface area contributed by atoms with Gasteiger partial charge in [-0.2, -0.15) is 0 Å². The lowest BCUT2D eigenvalue weighted by Gasteiger charge is -2.26. The van der Waals surface area contributed by atoms with Gasteiger partial charge in [0.1, 0.15) is 0 Å². The van der Waals surface area contributed by atoms with Crippen molar-refractivity contribution >= 4 is 17.3 Å². The van der Waals surface area contributed by atoms with E-state index in [2.05, 4.69) is 29.4 Å². The molecule has 21 heavy (non-hydrogen) atoms. The molecule has 0 saturated heterocycles. The molecule has 0 aromatic carbocycles. The van der Waals surface area contributed by atoms with Crippen LogP contribution in [0.2, 0.25) is 0 Å². The maximum atomic E-state index is 4.70. The summed E-state index contributed by atoms with van der Waals surface area (Å²) in [4.78, 5) is 13.9. The van der Waals surface area contributed by atoms with Crippen molar-refractivity contribution in [3.63, 3.8) is 0 Å². The first-order valence-corrected chi connectivity index (χ1v) is 8.27. The zero-order valence-electron chi connectivity index (χ0n) is 12.9. The highest BCUT2D eigenvalue weighted by Gasteiger charge is 2.22. The molecule has 0 bridgehead atoms. The molecule has 112 valence electrons. The molecule has 0 radical (unpaired) electrons. The van der Waals surface area contributed by atoms with Crippen LogP contribution in [-0.4, -0.2) is 24.1 Å². The van der Waals surface area contributed by atoms with Crippen LogP contribution in [0, 0.1) is 6.92 Å². The van der Waals surface area contributed by atoms with Crippen LogP contribution in [0.3, 0.4) is 0 Å². The van der Waals surface area contributed by atoms with E-state index in [1.807, 2.05) is 36.5 Å². The third kappa shape index (κ3) is 3.24. The minimum Gasteiger partial charge on any atom is -0.347 e. The topological polar surface area (TPSA) is 41.1 Å². The summed E-state index contributed by atoms with van der Waals surface area (Å²) in [6, 6.07) is 4.78. The number of anilines is 1. The predicted molar refractivity (Wildman–Crippen MR) is 87.9 cm³/mol. The van der Waals surface area contributed by atoms with E-state index in [-0.39, 0.29) is 0 Å². The zero-order valence-corrected chi connectivity index (χ0v) is 13.7. The van der Waals surface area contributed by atoms with E-state index in [9.17, 15) is 0 Å². The summed E-state index contributed by atoms with van der Waals surface area (Å²) < 4.78 is 0. The SMILES string of the molecule is Cc1ccc(CNC2CCCc3nc(N(C)C)ncc32)s1. The highest BCUT2D eigenvalue weighted by Crippen LogP contribution is 2.29. The molecule has 3 rings (SSSR count). The second kappa shape index (κ2) is 6.12. The second-order valence-corrected chi connectivity index (χ2v) is 7.18. The van der Waals surface area contributed by atoms with Gasteiger partial charge in [-0.25, -0.2) is 9.97 Å². The van der Waals surface area contributed by atoms with Gasteiger partial charge in [0.25, 0.3) is 0 Å². The van der Waals surface area contributed by atoms with Gasteiger partial charge in [0.15, 0.2) is 0 Å². The first-order valence-electron chi connectivity index (χ1n) is 7.45. The van der Waals surface area contributed by atoms with E-state index in [0.29, 0.717) is 6.04 Å². The minimum absolute atomic E-state index is 0.382. The van der Waals surface area contributed by atoms with Crippen LogP contribution in [0.1, 0.15) is 39.9 Å². The maximum absolute atomic E-state index is 4.70. The second-order valence-electron chi connectivity index (χ2n) is 5.80. The Morgan fingerprint density at radius 1 is 1.38 bits per heavy atom. The van der Waals surface area contributed by atoms with Gasteiger partial charge in [-0.05, 0) is 38.3 Å². The van der Waals surface area contributed by atoms with Crippen molar-refractivity contribution in [3.05, 3.63) is 39.3 Å². The molecule has 1 atom stereocenters. The standard InChI is InChI=1S/C16H22N4S/c1-11-7-8-12(21-11)9-17-14-5-4-6-15-13(14)10-18-16(19-15)20(2)3/h7-8,10,14,17H,4-6,9H2,1-3H3. The van der Waals surface area contributed by atoms with Gasteiger partial charge in [-0.15, -0.1) is 11.3 Å². The number of hydrogen-bond donors (Lipinski definition) is 1. The van der Waals surface area contributed by atoms with Gasteiger partial charge < -0.3 is 10.2 Å². The van der Waals surface area contributed by atoms with Gasteiger partial charge in [0.05, 0.1) is 5.69 Å². The number of hydrogen-bond acceptors (Lipinski definition) is 5. The molecule has 0 saturated carbocycles. The fraction of sp³-hybridized carbons (Fsp3) is 0.500. The first-order chi connectivity index (χ1) is 10.1. The maximum Gasteiger partial charge on any atom is 0.225 e. The molecule has 0 fully saturated rings. The molecule has 0 spiro atoms. The van der Waals surface area contributed by atoms with Crippen LogP contribution in [0.4, 0.5) is 5.95 Å². The monoisotopic (exact) mass is 302 g/mol. The summed E-state index contributed by atoms with van der Waals surface area (Å²) in [6.07, 6.45) is 5.43. The summed E-state index contributed by atoms with van der Waals surface area (Å²) in [5, 5.41) is 3.67. The summed E-state index contributed by atoms with van der Waals surface area (Å²) in [6.45, 7) is 3.08. The first kappa shape index (κ1) is 14.5. The Bertz CT molecular complexity index is 620. The molecule has 0 aliphatic heterocycles. The molecule has 5 heteroatoms. The summed E-state index contributed by atoms with van der Waals surface area (Å²) in [5.41, 5.74) is 2.49. The van der Waals surface area contributed by atoms with Gasteiger partial charge in [0.2, 0.25) is 5.95 Å². The van der Waals surface area contributed by atoms with Gasteiger partial charge in [-0.1, -0.05) is 0 Å². The van der Waals surface area contributed by atoms with Crippen molar-refractivity contribution in [1.29, 1.82) is 0 Å². The highest BCUT2D eigenvalue weighted by molar-refractivity contribution is 7.11. The normalized spacial score (nSPS) is 17.6. The van der Waals surface area contributed by atoms with Crippen LogP contribution < -0.4 is 10.2 Å². The Hall–Kier alpha value is -1.46. The van der Waals surface area contributed by atoms with Crippen LogP contribution >= 0.6 is 11.3 Å². The smallest absolute Gasteiger partial charge is 0.225 e. The Balaban J connectivity index is 1.74. The minimum atomic E-state index is 0.382. The molecule has 4 nitrogen and oxygen atoms in total. The quantitative estimate of drug-likeness (QED) is 0.942. The highest BCUT2D eigenvalue weighted by atomic mass is 32.1. The third-order valence-electron chi connectivity index (χ3n) is 3.89. The number of nitrogens with zero attached hydrogens (tertiary/aromatic N) is 3. The van der Waals surface area contributed by atoms with E-state index in [1.165, 1.54) is 33.9 Å². The van der Waals surface area contributed by atoms with Gasteiger partial charge >= 0.3 is 0 Å². The number of rotatable bonds is 4. The molecule has 1 unspecified atom stereocenters. The number of thiophene rings is 1. The van der Waals surface area contributed by atoms with Crippen LogP contribution in [0.5, 0.6) is 0 Å². The van der Waals surface area contributed by atoms with Crippen molar-refractivity contribution in [3.8, 4) is 0 Å². The molecule has 1 aliphatic rings. The Kier molecular flexibility index (Phi) is 4.22. The van der Waals surface area contributed by atoms with E-state index < -0.39 is 0 Å².